The molecular formula is C10H12BrFO. The second-order valence-corrected chi connectivity index (χ2v) is 3.89. The second-order valence-electron chi connectivity index (χ2n) is 3.10. The Balaban J connectivity index is 2.71. The summed E-state index contributed by atoms with van der Waals surface area (Å²) in [7, 11) is 0. The molecule has 1 N–H and O–H groups in total. The molecule has 0 aromatic heterocycles. The highest BCUT2D eigenvalue weighted by atomic mass is 79.9. The number of hydrogen-bond donors (Lipinski definition) is 1. The second kappa shape index (κ2) is 4.72. The molecule has 0 amide bonds. The monoisotopic (exact) mass is 246 g/mol. The van der Waals surface area contributed by atoms with Crippen LogP contribution in [0.3, 0.4) is 0 Å². The molecule has 0 bridgehead atoms. The van der Waals surface area contributed by atoms with Gasteiger partial charge in [0.05, 0.1) is 10.6 Å². The normalized spacial score (nSPS) is 12.9. The van der Waals surface area contributed by atoms with Gasteiger partial charge in [-0.2, -0.15) is 0 Å². The average Bonchev–Trinajstić information content (AvgIpc) is 2.07. The van der Waals surface area contributed by atoms with Gasteiger partial charge in [0.15, 0.2) is 0 Å². The molecule has 0 heterocycles. The number of hydrogen-bond acceptors (Lipinski definition) is 1. The SMILES string of the molecule is CC(O)CCc1cccc(F)c1Br. The van der Waals surface area contributed by atoms with Gasteiger partial charge in [0.25, 0.3) is 0 Å². The lowest BCUT2D eigenvalue weighted by Gasteiger charge is -2.06. The van der Waals surface area contributed by atoms with Crippen molar-refractivity contribution in [3.8, 4) is 0 Å². The zero-order valence-electron chi connectivity index (χ0n) is 7.43. The van der Waals surface area contributed by atoms with E-state index in [1.165, 1.54) is 6.07 Å². The van der Waals surface area contributed by atoms with Crippen LogP contribution in [0.15, 0.2) is 22.7 Å². The molecule has 1 nitrogen and oxygen atoms in total. The Kier molecular flexibility index (Phi) is 3.88. The zero-order valence-corrected chi connectivity index (χ0v) is 9.01. The molecule has 0 aliphatic rings. The summed E-state index contributed by atoms with van der Waals surface area (Å²) in [6.45, 7) is 1.73. The summed E-state index contributed by atoms with van der Waals surface area (Å²) in [6, 6.07) is 4.95. The number of aliphatic hydroxyl groups is 1. The van der Waals surface area contributed by atoms with E-state index >= 15 is 0 Å². The summed E-state index contributed by atoms with van der Waals surface area (Å²) in [5.74, 6) is -0.247. The predicted octanol–water partition coefficient (Wildman–Crippen LogP) is 2.90. The number of rotatable bonds is 3. The molecule has 72 valence electrons. The fraction of sp³-hybridized carbons (Fsp3) is 0.400. The van der Waals surface area contributed by atoms with Gasteiger partial charge >= 0.3 is 0 Å². The molecule has 0 saturated heterocycles. The first-order valence-corrected chi connectivity index (χ1v) is 5.01. The van der Waals surface area contributed by atoms with Gasteiger partial charge in [-0.05, 0) is 47.3 Å². The third-order valence-corrected chi connectivity index (χ3v) is 2.75. The van der Waals surface area contributed by atoms with Crippen LogP contribution in [0.2, 0.25) is 0 Å². The van der Waals surface area contributed by atoms with Crippen molar-refractivity contribution in [2.24, 2.45) is 0 Å². The Morgan fingerprint density at radius 2 is 2.23 bits per heavy atom. The van der Waals surface area contributed by atoms with Gasteiger partial charge in [0.1, 0.15) is 5.82 Å². The molecule has 1 aromatic carbocycles. The molecule has 1 unspecified atom stereocenters. The highest BCUT2D eigenvalue weighted by Gasteiger charge is 2.05. The molecule has 0 saturated carbocycles. The summed E-state index contributed by atoms with van der Waals surface area (Å²) in [4.78, 5) is 0. The maximum Gasteiger partial charge on any atom is 0.137 e. The smallest absolute Gasteiger partial charge is 0.137 e. The van der Waals surface area contributed by atoms with Crippen LogP contribution in [0.5, 0.6) is 0 Å². The molecule has 1 rings (SSSR count). The third-order valence-electron chi connectivity index (χ3n) is 1.86. The average molecular weight is 247 g/mol. The van der Waals surface area contributed by atoms with E-state index in [-0.39, 0.29) is 11.9 Å². The van der Waals surface area contributed by atoms with E-state index in [4.69, 9.17) is 5.11 Å². The van der Waals surface area contributed by atoms with E-state index in [1.807, 2.05) is 6.07 Å². The summed E-state index contributed by atoms with van der Waals surface area (Å²) >= 11 is 3.17. The Bertz CT molecular complexity index is 286. The van der Waals surface area contributed by atoms with Crippen LogP contribution in [0.1, 0.15) is 18.9 Å². The van der Waals surface area contributed by atoms with Crippen LogP contribution in [0.25, 0.3) is 0 Å². The third kappa shape index (κ3) is 3.08. The number of aliphatic hydroxyl groups excluding tert-OH is 1. The van der Waals surface area contributed by atoms with Gasteiger partial charge in [0, 0.05) is 0 Å². The van der Waals surface area contributed by atoms with Crippen molar-refractivity contribution in [1.29, 1.82) is 0 Å². The van der Waals surface area contributed by atoms with Crippen molar-refractivity contribution in [1.82, 2.24) is 0 Å². The maximum absolute atomic E-state index is 13.0. The first-order valence-electron chi connectivity index (χ1n) is 4.22. The van der Waals surface area contributed by atoms with Crippen LogP contribution in [-0.4, -0.2) is 11.2 Å². The molecule has 0 aliphatic carbocycles. The first-order chi connectivity index (χ1) is 6.11. The number of aryl methyl sites for hydroxylation is 1. The topological polar surface area (TPSA) is 20.2 Å². The van der Waals surface area contributed by atoms with Crippen molar-refractivity contribution < 1.29 is 9.50 Å². The summed E-state index contributed by atoms with van der Waals surface area (Å²) < 4.78 is 13.5. The molecule has 0 aliphatic heterocycles. The molecule has 0 spiro atoms. The van der Waals surface area contributed by atoms with Crippen molar-refractivity contribution >= 4 is 15.9 Å². The van der Waals surface area contributed by atoms with Crippen molar-refractivity contribution in [3.05, 3.63) is 34.1 Å². The Labute approximate surface area is 85.7 Å². The van der Waals surface area contributed by atoms with E-state index in [9.17, 15) is 4.39 Å². The lowest BCUT2D eigenvalue weighted by molar-refractivity contribution is 0.185. The standard InChI is InChI=1S/C10H12BrFO/c1-7(13)5-6-8-3-2-4-9(12)10(8)11/h2-4,7,13H,5-6H2,1H3. The predicted molar refractivity (Wildman–Crippen MR) is 54.1 cm³/mol. The first kappa shape index (κ1) is 10.7. The Hall–Kier alpha value is -0.410. The molecule has 0 radical (unpaired) electrons. The maximum atomic E-state index is 13.0. The van der Waals surface area contributed by atoms with Gasteiger partial charge in [-0.3, -0.25) is 0 Å². The van der Waals surface area contributed by atoms with Crippen molar-refractivity contribution in [2.45, 2.75) is 25.9 Å². The van der Waals surface area contributed by atoms with Crippen LogP contribution in [0, 0.1) is 5.82 Å². The highest BCUT2D eigenvalue weighted by molar-refractivity contribution is 9.10. The minimum absolute atomic E-state index is 0.247. The van der Waals surface area contributed by atoms with Crippen molar-refractivity contribution in [3.63, 3.8) is 0 Å². The zero-order chi connectivity index (χ0) is 9.84. The van der Waals surface area contributed by atoms with Crippen LogP contribution in [0.4, 0.5) is 4.39 Å². The summed E-state index contributed by atoms with van der Waals surface area (Å²) in [5.41, 5.74) is 0.904. The highest BCUT2D eigenvalue weighted by Crippen LogP contribution is 2.21. The van der Waals surface area contributed by atoms with Crippen molar-refractivity contribution in [2.75, 3.05) is 0 Å². The van der Waals surface area contributed by atoms with Crippen LogP contribution < -0.4 is 0 Å². The van der Waals surface area contributed by atoms with E-state index in [0.717, 1.165) is 5.56 Å². The van der Waals surface area contributed by atoms with Gasteiger partial charge in [-0.15, -0.1) is 0 Å². The molecule has 0 fully saturated rings. The van der Waals surface area contributed by atoms with Gasteiger partial charge < -0.3 is 5.11 Å². The quantitative estimate of drug-likeness (QED) is 0.870. The lowest BCUT2D eigenvalue weighted by atomic mass is 10.1. The summed E-state index contributed by atoms with van der Waals surface area (Å²) in [5, 5.41) is 9.06. The largest absolute Gasteiger partial charge is 0.393 e. The van der Waals surface area contributed by atoms with E-state index in [2.05, 4.69) is 15.9 Å². The Morgan fingerprint density at radius 1 is 1.54 bits per heavy atom. The van der Waals surface area contributed by atoms with Crippen LogP contribution in [-0.2, 0) is 6.42 Å². The molecule has 13 heavy (non-hydrogen) atoms. The molecule has 1 atom stereocenters. The Morgan fingerprint density at radius 3 is 2.85 bits per heavy atom. The number of halogens is 2. The number of benzene rings is 1. The molecular weight excluding hydrogens is 235 g/mol. The van der Waals surface area contributed by atoms with E-state index in [1.54, 1.807) is 13.0 Å². The molecule has 1 aromatic rings. The lowest BCUT2D eigenvalue weighted by Crippen LogP contribution is -2.02. The summed E-state index contributed by atoms with van der Waals surface area (Å²) in [6.07, 6.45) is 1.01. The van der Waals surface area contributed by atoms with Gasteiger partial charge in [-0.25, -0.2) is 4.39 Å². The van der Waals surface area contributed by atoms with E-state index < -0.39 is 0 Å². The molecule has 3 heteroatoms. The minimum Gasteiger partial charge on any atom is -0.393 e. The fourth-order valence-electron chi connectivity index (χ4n) is 1.11. The minimum atomic E-state index is -0.338. The van der Waals surface area contributed by atoms with Gasteiger partial charge in [0.2, 0.25) is 0 Å². The van der Waals surface area contributed by atoms with Crippen LogP contribution >= 0.6 is 15.9 Å². The van der Waals surface area contributed by atoms with Gasteiger partial charge in [-0.1, -0.05) is 12.1 Å². The van der Waals surface area contributed by atoms with E-state index in [0.29, 0.717) is 17.3 Å². The fourth-order valence-corrected chi connectivity index (χ4v) is 1.57.